The molecule has 104 valence electrons. The van der Waals surface area contributed by atoms with Crippen LogP contribution in [0.1, 0.15) is 41.6 Å². The van der Waals surface area contributed by atoms with Gasteiger partial charge in [-0.3, -0.25) is 9.89 Å². The molecule has 3 heterocycles. The third-order valence-corrected chi connectivity index (χ3v) is 3.68. The summed E-state index contributed by atoms with van der Waals surface area (Å²) in [6, 6.07) is 3.27. The minimum absolute atomic E-state index is 0.0590. The minimum atomic E-state index is -0.0947. The highest BCUT2D eigenvalue weighted by Gasteiger charge is 2.30. The van der Waals surface area contributed by atoms with Crippen LogP contribution in [-0.2, 0) is 0 Å². The van der Waals surface area contributed by atoms with Crippen molar-refractivity contribution in [2.75, 3.05) is 6.54 Å². The van der Waals surface area contributed by atoms with Crippen molar-refractivity contribution in [3.8, 4) is 0 Å². The summed E-state index contributed by atoms with van der Waals surface area (Å²) < 4.78 is 0. The Hall–Kier alpha value is -1.95. The van der Waals surface area contributed by atoms with E-state index in [1.807, 2.05) is 0 Å². The van der Waals surface area contributed by atoms with Crippen LogP contribution in [0.4, 0.5) is 0 Å². The van der Waals surface area contributed by atoms with Crippen molar-refractivity contribution in [1.82, 2.24) is 25.1 Å². The highest BCUT2D eigenvalue weighted by Crippen LogP contribution is 2.29. The Balaban J connectivity index is 1.86. The molecule has 1 atom stereocenters. The summed E-state index contributed by atoms with van der Waals surface area (Å²) in [5.74, 6) is 0.634. The lowest BCUT2D eigenvalue weighted by Gasteiger charge is -2.34. The Bertz CT molecular complexity index is 583. The number of carbonyl (C=O) groups excluding carboxylic acids is 1. The predicted molar refractivity (Wildman–Crippen MR) is 73.3 cm³/mol. The summed E-state index contributed by atoms with van der Waals surface area (Å²) in [7, 11) is 0. The maximum atomic E-state index is 12.6. The Labute approximate surface area is 121 Å². The fraction of sp³-hybridized carbons (Fsp3) is 0.385. The van der Waals surface area contributed by atoms with Crippen molar-refractivity contribution in [3.05, 3.63) is 41.2 Å². The lowest BCUT2D eigenvalue weighted by Crippen LogP contribution is -2.39. The van der Waals surface area contributed by atoms with E-state index in [1.54, 1.807) is 17.0 Å². The number of halogens is 1. The van der Waals surface area contributed by atoms with Crippen molar-refractivity contribution in [1.29, 1.82) is 0 Å². The Morgan fingerprint density at radius 3 is 2.95 bits per heavy atom. The number of rotatable bonds is 2. The zero-order valence-corrected chi connectivity index (χ0v) is 11.5. The second-order valence-electron chi connectivity index (χ2n) is 4.74. The van der Waals surface area contributed by atoms with Gasteiger partial charge in [-0.25, -0.2) is 9.97 Å². The number of amides is 1. The van der Waals surface area contributed by atoms with Crippen molar-refractivity contribution < 1.29 is 4.79 Å². The van der Waals surface area contributed by atoms with Crippen molar-refractivity contribution >= 4 is 17.5 Å². The molecule has 0 saturated carbocycles. The highest BCUT2D eigenvalue weighted by atomic mass is 35.5. The summed E-state index contributed by atoms with van der Waals surface area (Å²) in [5.41, 5.74) is 0.404. The molecule has 0 unspecified atom stereocenters. The molecule has 0 radical (unpaired) electrons. The standard InChI is InChI=1S/C13H14ClN5O/c14-9-4-5-10(15-7-9)13(20)19-6-2-1-3-11(19)12-16-8-17-18-12/h4-5,7-8,11H,1-3,6H2,(H,16,17,18)/t11-/m0/s1. The van der Waals surface area contributed by atoms with Crippen LogP contribution in [-0.4, -0.2) is 37.5 Å². The van der Waals surface area contributed by atoms with Gasteiger partial charge < -0.3 is 4.90 Å². The molecule has 1 amide bonds. The number of aromatic nitrogens is 4. The predicted octanol–water partition coefficient (Wildman–Crippen LogP) is 2.22. The van der Waals surface area contributed by atoms with Gasteiger partial charge in [0.05, 0.1) is 11.1 Å². The number of piperidine rings is 1. The van der Waals surface area contributed by atoms with E-state index in [0.29, 0.717) is 17.3 Å². The fourth-order valence-electron chi connectivity index (χ4n) is 2.48. The zero-order chi connectivity index (χ0) is 13.9. The van der Waals surface area contributed by atoms with Crippen LogP contribution >= 0.6 is 11.6 Å². The molecule has 20 heavy (non-hydrogen) atoms. The number of likely N-dealkylation sites (tertiary alicyclic amines) is 1. The van der Waals surface area contributed by atoms with Gasteiger partial charge in [0.15, 0.2) is 0 Å². The van der Waals surface area contributed by atoms with Gasteiger partial charge in [0.1, 0.15) is 17.8 Å². The van der Waals surface area contributed by atoms with Crippen LogP contribution in [0, 0.1) is 0 Å². The summed E-state index contributed by atoms with van der Waals surface area (Å²) in [4.78, 5) is 22.7. The molecule has 1 aliphatic heterocycles. The van der Waals surface area contributed by atoms with Gasteiger partial charge in [-0.05, 0) is 31.4 Å². The van der Waals surface area contributed by atoms with Gasteiger partial charge in [-0.1, -0.05) is 11.6 Å². The molecule has 2 aromatic heterocycles. The summed E-state index contributed by atoms with van der Waals surface area (Å²) >= 11 is 5.80. The molecule has 1 fully saturated rings. The SMILES string of the molecule is O=C(c1ccc(Cl)cn1)N1CCCC[C@H]1c1ncn[nH]1. The molecule has 1 saturated heterocycles. The minimum Gasteiger partial charge on any atom is -0.327 e. The largest absolute Gasteiger partial charge is 0.327 e. The third kappa shape index (κ3) is 2.51. The van der Waals surface area contributed by atoms with Crippen LogP contribution in [0.2, 0.25) is 5.02 Å². The summed E-state index contributed by atoms with van der Waals surface area (Å²) in [5, 5.41) is 7.24. The normalized spacial score (nSPS) is 19.1. The lowest BCUT2D eigenvalue weighted by atomic mass is 10.0. The number of carbonyl (C=O) groups is 1. The quantitative estimate of drug-likeness (QED) is 0.920. The number of nitrogens with zero attached hydrogens (tertiary/aromatic N) is 4. The van der Waals surface area contributed by atoms with E-state index < -0.39 is 0 Å². The maximum absolute atomic E-state index is 12.6. The topological polar surface area (TPSA) is 74.8 Å². The first kappa shape index (κ1) is 13.1. The smallest absolute Gasteiger partial charge is 0.273 e. The lowest BCUT2D eigenvalue weighted by molar-refractivity contribution is 0.0594. The maximum Gasteiger partial charge on any atom is 0.273 e. The molecule has 0 bridgehead atoms. The van der Waals surface area contributed by atoms with Crippen molar-refractivity contribution in [3.63, 3.8) is 0 Å². The van der Waals surface area contributed by atoms with Crippen LogP contribution in [0.5, 0.6) is 0 Å². The van der Waals surface area contributed by atoms with Crippen molar-refractivity contribution in [2.24, 2.45) is 0 Å². The Kier molecular flexibility index (Phi) is 3.64. The number of hydrogen-bond donors (Lipinski definition) is 1. The molecule has 7 heteroatoms. The summed E-state index contributed by atoms with van der Waals surface area (Å²) in [6.45, 7) is 0.703. The molecule has 2 aromatic rings. The number of hydrogen-bond acceptors (Lipinski definition) is 4. The highest BCUT2D eigenvalue weighted by molar-refractivity contribution is 6.30. The van der Waals surface area contributed by atoms with Crippen LogP contribution in [0.15, 0.2) is 24.7 Å². The van der Waals surface area contributed by atoms with Crippen LogP contribution in [0.25, 0.3) is 0 Å². The third-order valence-electron chi connectivity index (χ3n) is 3.46. The second-order valence-corrected chi connectivity index (χ2v) is 5.18. The first-order chi connectivity index (χ1) is 9.75. The Morgan fingerprint density at radius 1 is 1.35 bits per heavy atom. The van der Waals surface area contributed by atoms with E-state index in [2.05, 4.69) is 20.2 Å². The molecule has 0 aromatic carbocycles. The molecular formula is C13H14ClN5O. The fourth-order valence-corrected chi connectivity index (χ4v) is 2.60. The summed E-state index contributed by atoms with van der Waals surface area (Å²) in [6.07, 6.45) is 5.90. The number of H-pyrrole nitrogens is 1. The van der Waals surface area contributed by atoms with Gasteiger partial charge in [0.2, 0.25) is 0 Å². The van der Waals surface area contributed by atoms with Gasteiger partial charge in [0.25, 0.3) is 5.91 Å². The van der Waals surface area contributed by atoms with Crippen molar-refractivity contribution in [2.45, 2.75) is 25.3 Å². The van der Waals surface area contributed by atoms with E-state index in [-0.39, 0.29) is 11.9 Å². The van der Waals surface area contributed by atoms with Gasteiger partial charge >= 0.3 is 0 Å². The molecule has 1 aliphatic rings. The monoisotopic (exact) mass is 291 g/mol. The zero-order valence-electron chi connectivity index (χ0n) is 10.8. The van der Waals surface area contributed by atoms with Gasteiger partial charge in [-0.2, -0.15) is 5.10 Å². The Morgan fingerprint density at radius 2 is 2.25 bits per heavy atom. The molecule has 0 aliphatic carbocycles. The van der Waals surface area contributed by atoms with Crippen LogP contribution < -0.4 is 0 Å². The number of pyridine rings is 1. The van der Waals surface area contributed by atoms with Gasteiger partial charge in [-0.15, -0.1) is 0 Å². The molecule has 6 nitrogen and oxygen atoms in total. The van der Waals surface area contributed by atoms with E-state index >= 15 is 0 Å². The van der Waals surface area contributed by atoms with Crippen LogP contribution in [0.3, 0.4) is 0 Å². The molecule has 1 N–H and O–H groups in total. The van der Waals surface area contributed by atoms with E-state index in [9.17, 15) is 4.79 Å². The first-order valence-electron chi connectivity index (χ1n) is 6.53. The first-order valence-corrected chi connectivity index (χ1v) is 6.91. The van der Waals surface area contributed by atoms with E-state index in [0.717, 1.165) is 25.1 Å². The molecule has 3 rings (SSSR count). The van der Waals surface area contributed by atoms with E-state index in [4.69, 9.17) is 11.6 Å². The second kappa shape index (κ2) is 5.58. The van der Waals surface area contributed by atoms with E-state index in [1.165, 1.54) is 12.5 Å². The molecule has 0 spiro atoms. The average Bonchev–Trinajstić information content (AvgIpc) is 3.01. The number of aromatic amines is 1. The van der Waals surface area contributed by atoms with Gasteiger partial charge in [0, 0.05) is 12.7 Å². The average molecular weight is 292 g/mol. The molecular weight excluding hydrogens is 278 g/mol. The number of nitrogens with one attached hydrogen (secondary N) is 1.